The molecule has 4 amide bonds. The summed E-state index contributed by atoms with van der Waals surface area (Å²) in [7, 11) is 0. The lowest BCUT2D eigenvalue weighted by molar-refractivity contribution is -0.143. The van der Waals surface area contributed by atoms with Crippen LogP contribution in [0.25, 0.3) is 10.9 Å². The number of hydrogen-bond donors (Lipinski definition) is 7. The van der Waals surface area contributed by atoms with E-state index >= 15 is 0 Å². The monoisotopic (exact) mass is 592 g/mol. The Morgan fingerprint density at radius 3 is 2.42 bits per heavy atom. The normalized spacial score (nSPS) is 16.8. The highest BCUT2D eigenvalue weighted by Gasteiger charge is 2.38. The highest BCUT2D eigenvalue weighted by molar-refractivity contribution is 5.95. The molecule has 13 heteroatoms. The van der Waals surface area contributed by atoms with Crippen molar-refractivity contribution in [3.05, 3.63) is 65.9 Å². The maximum Gasteiger partial charge on any atom is 0.326 e. The Morgan fingerprint density at radius 1 is 1.00 bits per heavy atom. The number of aliphatic carboxylic acids is 1. The summed E-state index contributed by atoms with van der Waals surface area (Å²) >= 11 is 0. The number of rotatable bonds is 13. The summed E-state index contributed by atoms with van der Waals surface area (Å²) in [4.78, 5) is 67.8. The van der Waals surface area contributed by atoms with Gasteiger partial charge in [0.05, 0.1) is 6.04 Å². The van der Waals surface area contributed by atoms with E-state index in [9.17, 15) is 34.2 Å². The Balaban J connectivity index is 1.51. The molecule has 4 rings (SSSR count). The fourth-order valence-corrected chi connectivity index (χ4v) is 5.28. The van der Waals surface area contributed by atoms with E-state index in [1.54, 1.807) is 18.3 Å². The lowest BCUT2D eigenvalue weighted by atomic mass is 10.0. The van der Waals surface area contributed by atoms with Gasteiger partial charge in [-0.15, -0.1) is 0 Å². The van der Waals surface area contributed by atoms with Gasteiger partial charge >= 0.3 is 5.97 Å². The predicted molar refractivity (Wildman–Crippen MR) is 156 cm³/mol. The second kappa shape index (κ2) is 13.8. The number of hydrogen-bond acceptors (Lipinski definition) is 7. The fraction of sp³-hybridized carbons (Fsp3) is 0.367. The molecule has 4 unspecified atom stereocenters. The molecule has 0 bridgehead atoms. The number of benzene rings is 2. The number of aromatic amines is 1. The van der Waals surface area contributed by atoms with Crippen LogP contribution in [-0.4, -0.2) is 80.4 Å². The number of phenolic OH excluding ortho intramolecular Hbond substituents is 1. The summed E-state index contributed by atoms with van der Waals surface area (Å²) in [6, 6.07) is 9.05. The van der Waals surface area contributed by atoms with Crippen LogP contribution in [0.2, 0.25) is 0 Å². The number of likely N-dealkylation sites (tertiary alicyclic amines) is 1. The van der Waals surface area contributed by atoms with Crippen molar-refractivity contribution in [2.45, 2.75) is 62.7 Å². The Morgan fingerprint density at radius 2 is 1.72 bits per heavy atom. The van der Waals surface area contributed by atoms with Gasteiger partial charge in [0.15, 0.2) is 0 Å². The number of aromatic nitrogens is 1. The van der Waals surface area contributed by atoms with Crippen molar-refractivity contribution in [1.29, 1.82) is 0 Å². The van der Waals surface area contributed by atoms with Crippen LogP contribution >= 0.6 is 0 Å². The Bertz CT molecular complexity index is 1490. The number of phenols is 1. The molecule has 0 saturated carbocycles. The molecule has 1 fully saturated rings. The second-order valence-electron chi connectivity index (χ2n) is 10.7. The number of carboxylic acid groups (broad SMARTS) is 1. The SMILES string of the molecule is NC(=O)CCC(N)C(=O)N1CCCC1C(=O)NC(Cc1ccc(O)cc1)C(=O)NC(Cc1c[nH]c2ccccc12)C(=O)O. The van der Waals surface area contributed by atoms with Crippen LogP contribution in [0.4, 0.5) is 0 Å². The molecular weight excluding hydrogens is 556 g/mol. The van der Waals surface area contributed by atoms with Crippen LogP contribution in [0.3, 0.4) is 0 Å². The van der Waals surface area contributed by atoms with E-state index < -0.39 is 53.8 Å². The molecule has 1 saturated heterocycles. The number of fused-ring (bicyclic) bond motifs is 1. The first-order chi connectivity index (χ1) is 20.5. The average molecular weight is 593 g/mol. The van der Waals surface area contributed by atoms with Gasteiger partial charge < -0.3 is 42.2 Å². The maximum absolute atomic E-state index is 13.6. The third kappa shape index (κ3) is 7.89. The number of carbonyl (C=O) groups is 5. The van der Waals surface area contributed by atoms with E-state index in [1.807, 2.05) is 24.3 Å². The van der Waals surface area contributed by atoms with Crippen molar-refractivity contribution < 1.29 is 34.2 Å². The average Bonchev–Trinajstić information content (AvgIpc) is 3.63. The van der Waals surface area contributed by atoms with Crippen LogP contribution in [0.5, 0.6) is 5.75 Å². The zero-order chi connectivity index (χ0) is 31.1. The zero-order valence-corrected chi connectivity index (χ0v) is 23.5. The zero-order valence-electron chi connectivity index (χ0n) is 23.5. The molecule has 4 atom stereocenters. The maximum atomic E-state index is 13.6. The van der Waals surface area contributed by atoms with Crippen LogP contribution in [-0.2, 0) is 36.8 Å². The van der Waals surface area contributed by atoms with Crippen molar-refractivity contribution in [2.24, 2.45) is 11.5 Å². The number of para-hydroxylation sites is 1. The molecule has 228 valence electrons. The number of primary amides is 1. The molecule has 43 heavy (non-hydrogen) atoms. The molecule has 9 N–H and O–H groups in total. The smallest absolute Gasteiger partial charge is 0.326 e. The molecular formula is C30H36N6O7. The lowest BCUT2D eigenvalue weighted by Crippen LogP contribution is -2.57. The number of carbonyl (C=O) groups excluding carboxylic acids is 4. The number of nitrogens with two attached hydrogens (primary N) is 2. The molecule has 0 aliphatic carbocycles. The number of aromatic hydroxyl groups is 1. The van der Waals surface area contributed by atoms with E-state index in [0.29, 0.717) is 24.0 Å². The summed E-state index contributed by atoms with van der Waals surface area (Å²) in [5.74, 6) is -3.62. The molecule has 1 aliphatic rings. The number of carboxylic acids is 1. The van der Waals surface area contributed by atoms with Crippen molar-refractivity contribution in [2.75, 3.05) is 6.54 Å². The highest BCUT2D eigenvalue weighted by Crippen LogP contribution is 2.21. The minimum Gasteiger partial charge on any atom is -0.508 e. The first-order valence-corrected chi connectivity index (χ1v) is 14.0. The number of nitrogens with one attached hydrogen (secondary N) is 3. The molecule has 2 aromatic carbocycles. The van der Waals surface area contributed by atoms with Gasteiger partial charge in [0.2, 0.25) is 23.6 Å². The Labute approximate surface area is 247 Å². The van der Waals surface area contributed by atoms with Gasteiger partial charge in [0.1, 0.15) is 23.9 Å². The molecule has 3 aromatic rings. The highest BCUT2D eigenvalue weighted by atomic mass is 16.4. The van der Waals surface area contributed by atoms with Gasteiger partial charge in [0, 0.05) is 42.9 Å². The van der Waals surface area contributed by atoms with Gasteiger partial charge in [-0.1, -0.05) is 30.3 Å². The Kier molecular flexibility index (Phi) is 9.99. The van der Waals surface area contributed by atoms with Crippen molar-refractivity contribution in [3.8, 4) is 5.75 Å². The van der Waals surface area contributed by atoms with Gasteiger partial charge in [-0.25, -0.2) is 4.79 Å². The number of amides is 4. The molecule has 0 radical (unpaired) electrons. The molecule has 1 aromatic heterocycles. The van der Waals surface area contributed by atoms with E-state index in [2.05, 4.69) is 15.6 Å². The standard InChI is InChI=1S/C30H36N6O7/c31-21(11-12-26(32)38)29(41)36-13-3-6-25(36)28(40)34-23(14-17-7-9-19(37)10-8-17)27(39)35-24(30(42)43)15-18-16-33-22-5-2-1-4-20(18)22/h1-2,4-5,7-10,16,21,23-25,33,37H,3,6,11-15,31H2,(H2,32,38)(H,34,40)(H,35,39)(H,42,43). The summed E-state index contributed by atoms with van der Waals surface area (Å²) in [5, 5.41) is 25.7. The second-order valence-corrected chi connectivity index (χ2v) is 10.7. The molecule has 0 spiro atoms. The number of H-pyrrole nitrogens is 1. The van der Waals surface area contributed by atoms with Gasteiger partial charge in [-0.3, -0.25) is 19.2 Å². The molecule has 1 aliphatic heterocycles. The first kappa shape index (κ1) is 31.0. The summed E-state index contributed by atoms with van der Waals surface area (Å²) in [6.45, 7) is 0.279. The minimum atomic E-state index is -1.29. The minimum absolute atomic E-state index is 0.000934. The lowest BCUT2D eigenvalue weighted by Gasteiger charge is -2.28. The van der Waals surface area contributed by atoms with Crippen molar-refractivity contribution in [3.63, 3.8) is 0 Å². The van der Waals surface area contributed by atoms with Crippen LogP contribution in [0, 0.1) is 0 Å². The quantitative estimate of drug-likeness (QED) is 0.146. The van der Waals surface area contributed by atoms with Crippen LogP contribution < -0.4 is 22.1 Å². The van der Waals surface area contributed by atoms with Crippen LogP contribution in [0.15, 0.2) is 54.7 Å². The van der Waals surface area contributed by atoms with E-state index in [4.69, 9.17) is 11.5 Å². The summed E-state index contributed by atoms with van der Waals surface area (Å²) in [6.07, 6.45) is 2.53. The van der Waals surface area contributed by atoms with E-state index in [0.717, 1.165) is 10.9 Å². The largest absolute Gasteiger partial charge is 0.508 e. The van der Waals surface area contributed by atoms with Gasteiger partial charge in [0.25, 0.3) is 0 Å². The fourth-order valence-electron chi connectivity index (χ4n) is 5.28. The molecule has 2 heterocycles. The molecule has 13 nitrogen and oxygen atoms in total. The summed E-state index contributed by atoms with van der Waals surface area (Å²) in [5.41, 5.74) is 13.3. The van der Waals surface area contributed by atoms with Gasteiger partial charge in [-0.05, 0) is 48.6 Å². The third-order valence-corrected chi connectivity index (χ3v) is 7.58. The van der Waals surface area contributed by atoms with E-state index in [-0.39, 0.29) is 38.0 Å². The number of nitrogens with zero attached hydrogens (tertiary/aromatic N) is 1. The Hall–Kier alpha value is -4.91. The predicted octanol–water partition coefficient (Wildman–Crippen LogP) is 0.297. The van der Waals surface area contributed by atoms with E-state index in [1.165, 1.54) is 17.0 Å². The van der Waals surface area contributed by atoms with Crippen LogP contribution in [0.1, 0.15) is 36.8 Å². The first-order valence-electron chi connectivity index (χ1n) is 14.0. The topological polar surface area (TPSA) is 221 Å². The third-order valence-electron chi connectivity index (χ3n) is 7.58. The van der Waals surface area contributed by atoms with Gasteiger partial charge in [-0.2, -0.15) is 0 Å². The van der Waals surface area contributed by atoms with Crippen molar-refractivity contribution in [1.82, 2.24) is 20.5 Å². The van der Waals surface area contributed by atoms with Crippen molar-refractivity contribution >= 4 is 40.5 Å². The summed E-state index contributed by atoms with van der Waals surface area (Å²) < 4.78 is 0.